The van der Waals surface area contributed by atoms with Crippen molar-refractivity contribution in [3.8, 4) is 0 Å². The Morgan fingerprint density at radius 1 is 1.32 bits per heavy atom. The van der Waals surface area contributed by atoms with E-state index in [1.54, 1.807) is 24.3 Å². The first-order valence-electron chi connectivity index (χ1n) is 5.66. The van der Waals surface area contributed by atoms with Gasteiger partial charge in [0.05, 0.1) is 21.6 Å². The molecule has 0 fully saturated rings. The molecule has 0 amide bonds. The molecule has 5 heteroatoms. The smallest absolute Gasteiger partial charge is 0.141 e. The van der Waals surface area contributed by atoms with Crippen molar-refractivity contribution in [3.05, 3.63) is 58.4 Å². The Hall–Kier alpha value is -1.39. The monoisotopic (exact) mass is 297 g/mol. The summed E-state index contributed by atoms with van der Waals surface area (Å²) in [4.78, 5) is 0.695. The van der Waals surface area contributed by atoms with Crippen LogP contribution in [0.5, 0.6) is 0 Å². The van der Waals surface area contributed by atoms with Crippen LogP contribution in [0.25, 0.3) is 0 Å². The fourth-order valence-electron chi connectivity index (χ4n) is 1.74. The molecule has 1 atom stereocenters. The normalized spacial score (nSPS) is 12.4. The van der Waals surface area contributed by atoms with E-state index in [1.807, 2.05) is 6.92 Å². The summed E-state index contributed by atoms with van der Waals surface area (Å²) in [6.07, 6.45) is 0. The zero-order valence-electron chi connectivity index (χ0n) is 10.3. The average Bonchev–Trinajstić information content (AvgIpc) is 2.37. The number of hydrogen-bond acceptors (Lipinski definition) is 2. The summed E-state index contributed by atoms with van der Waals surface area (Å²) in [6.45, 7) is 1.83. The lowest BCUT2D eigenvalue weighted by Gasteiger charge is -2.08. The molecular weight excluding hydrogens is 285 g/mol. The minimum Gasteiger partial charge on any atom is -0.398 e. The molecule has 2 rings (SSSR count). The maximum Gasteiger partial charge on any atom is 0.141 e. The van der Waals surface area contributed by atoms with Gasteiger partial charge in [-0.2, -0.15) is 0 Å². The maximum atomic E-state index is 13.1. The highest BCUT2D eigenvalue weighted by atomic mass is 35.5. The highest BCUT2D eigenvalue weighted by molar-refractivity contribution is 7.84. The van der Waals surface area contributed by atoms with Gasteiger partial charge in [0.2, 0.25) is 0 Å². The first kappa shape index (κ1) is 14.0. The van der Waals surface area contributed by atoms with Crippen molar-refractivity contribution in [3.63, 3.8) is 0 Å². The van der Waals surface area contributed by atoms with Crippen LogP contribution < -0.4 is 5.73 Å². The molecule has 19 heavy (non-hydrogen) atoms. The number of rotatable bonds is 3. The summed E-state index contributed by atoms with van der Waals surface area (Å²) in [7, 11) is -1.23. The highest BCUT2D eigenvalue weighted by Gasteiger charge is 2.11. The Labute approximate surface area is 118 Å². The molecule has 2 aromatic rings. The fourth-order valence-corrected chi connectivity index (χ4v) is 3.27. The summed E-state index contributed by atoms with van der Waals surface area (Å²) in [5.41, 5.74) is 7.95. The van der Waals surface area contributed by atoms with E-state index in [0.717, 1.165) is 11.1 Å². The van der Waals surface area contributed by atoms with E-state index >= 15 is 0 Å². The zero-order valence-corrected chi connectivity index (χ0v) is 11.9. The van der Waals surface area contributed by atoms with Gasteiger partial charge in [0.25, 0.3) is 0 Å². The van der Waals surface area contributed by atoms with E-state index in [2.05, 4.69) is 0 Å². The van der Waals surface area contributed by atoms with Crippen LogP contribution in [0.15, 0.2) is 41.3 Å². The molecule has 0 bridgehead atoms. The topological polar surface area (TPSA) is 43.1 Å². The van der Waals surface area contributed by atoms with Crippen molar-refractivity contribution in [2.24, 2.45) is 0 Å². The van der Waals surface area contributed by atoms with Gasteiger partial charge in [-0.1, -0.05) is 23.7 Å². The van der Waals surface area contributed by atoms with Gasteiger partial charge in [-0.05, 0) is 42.3 Å². The van der Waals surface area contributed by atoms with Crippen molar-refractivity contribution < 1.29 is 8.60 Å². The number of hydrogen-bond donors (Lipinski definition) is 1. The van der Waals surface area contributed by atoms with Gasteiger partial charge in [-0.15, -0.1) is 0 Å². The molecular formula is C14H13ClFNOS. The third-order valence-corrected chi connectivity index (χ3v) is 4.67. The van der Waals surface area contributed by atoms with Crippen molar-refractivity contribution in [1.82, 2.24) is 0 Å². The van der Waals surface area contributed by atoms with E-state index in [1.165, 1.54) is 12.1 Å². The Morgan fingerprint density at radius 3 is 2.74 bits per heavy atom. The predicted molar refractivity (Wildman–Crippen MR) is 77.1 cm³/mol. The molecule has 0 aromatic heterocycles. The molecule has 0 aliphatic rings. The van der Waals surface area contributed by atoms with Gasteiger partial charge in [-0.25, -0.2) is 4.39 Å². The van der Waals surface area contributed by atoms with Crippen LogP contribution in [-0.4, -0.2) is 4.21 Å². The Balaban J connectivity index is 2.26. The lowest BCUT2D eigenvalue weighted by molar-refractivity contribution is 0.627. The summed E-state index contributed by atoms with van der Waals surface area (Å²) in [5.74, 6) is -0.194. The SMILES string of the molecule is Cc1c(N)cccc1S(=O)Cc1ccc(F)c(Cl)c1. The lowest BCUT2D eigenvalue weighted by Crippen LogP contribution is -2.01. The molecule has 2 aromatic carbocycles. The van der Waals surface area contributed by atoms with Crippen LogP contribution in [0, 0.1) is 12.7 Å². The van der Waals surface area contributed by atoms with Crippen LogP contribution >= 0.6 is 11.6 Å². The molecule has 0 radical (unpaired) electrons. The second-order valence-electron chi connectivity index (χ2n) is 4.21. The average molecular weight is 298 g/mol. The Morgan fingerprint density at radius 2 is 2.05 bits per heavy atom. The van der Waals surface area contributed by atoms with Crippen LogP contribution in [0.4, 0.5) is 10.1 Å². The van der Waals surface area contributed by atoms with Crippen LogP contribution in [0.3, 0.4) is 0 Å². The number of halogens is 2. The first-order valence-corrected chi connectivity index (χ1v) is 7.36. The van der Waals surface area contributed by atoms with Crippen LogP contribution in [0.1, 0.15) is 11.1 Å². The highest BCUT2D eigenvalue weighted by Crippen LogP contribution is 2.23. The van der Waals surface area contributed by atoms with Gasteiger partial charge in [0, 0.05) is 10.6 Å². The predicted octanol–water partition coefficient (Wildman–Crippen LogP) is 3.68. The van der Waals surface area contributed by atoms with E-state index in [0.29, 0.717) is 10.6 Å². The quantitative estimate of drug-likeness (QED) is 0.878. The largest absolute Gasteiger partial charge is 0.398 e. The molecule has 100 valence electrons. The Kier molecular flexibility index (Phi) is 4.22. The standard InChI is InChI=1S/C14H13ClFNOS/c1-9-13(17)3-2-4-14(9)19(18)8-10-5-6-12(16)11(15)7-10/h2-7H,8,17H2,1H3. The van der Waals surface area contributed by atoms with E-state index < -0.39 is 16.6 Å². The van der Waals surface area contributed by atoms with Crippen molar-refractivity contribution in [2.75, 3.05) is 5.73 Å². The molecule has 2 nitrogen and oxygen atoms in total. The van der Waals surface area contributed by atoms with Gasteiger partial charge in [0.1, 0.15) is 5.82 Å². The summed E-state index contributed by atoms with van der Waals surface area (Å²) < 4.78 is 25.4. The minimum absolute atomic E-state index is 0.0406. The summed E-state index contributed by atoms with van der Waals surface area (Å²) >= 11 is 5.71. The number of anilines is 1. The Bertz CT molecular complexity index is 645. The first-order chi connectivity index (χ1) is 8.99. The third-order valence-electron chi connectivity index (χ3n) is 2.85. The number of nitrogens with two attached hydrogens (primary N) is 1. The van der Waals surface area contributed by atoms with E-state index in [-0.39, 0.29) is 10.8 Å². The molecule has 0 spiro atoms. The summed E-state index contributed by atoms with van der Waals surface area (Å²) in [5, 5.41) is 0.0406. The van der Waals surface area contributed by atoms with Crippen molar-refractivity contribution in [1.29, 1.82) is 0 Å². The fraction of sp³-hybridized carbons (Fsp3) is 0.143. The maximum absolute atomic E-state index is 13.1. The van der Waals surface area contributed by atoms with Gasteiger partial charge < -0.3 is 5.73 Å². The molecule has 0 aliphatic heterocycles. The van der Waals surface area contributed by atoms with E-state index in [4.69, 9.17) is 17.3 Å². The molecule has 2 N–H and O–H groups in total. The van der Waals surface area contributed by atoms with Crippen LogP contribution in [-0.2, 0) is 16.6 Å². The molecule has 0 saturated carbocycles. The molecule has 0 heterocycles. The van der Waals surface area contributed by atoms with Gasteiger partial charge in [-0.3, -0.25) is 4.21 Å². The summed E-state index contributed by atoms with van der Waals surface area (Å²) in [6, 6.07) is 9.68. The van der Waals surface area contributed by atoms with Crippen molar-refractivity contribution in [2.45, 2.75) is 17.6 Å². The van der Waals surface area contributed by atoms with Gasteiger partial charge >= 0.3 is 0 Å². The van der Waals surface area contributed by atoms with E-state index in [9.17, 15) is 8.60 Å². The van der Waals surface area contributed by atoms with Gasteiger partial charge in [0.15, 0.2) is 0 Å². The zero-order chi connectivity index (χ0) is 14.0. The third kappa shape index (κ3) is 3.14. The second-order valence-corrected chi connectivity index (χ2v) is 6.04. The van der Waals surface area contributed by atoms with Crippen molar-refractivity contribution >= 4 is 28.1 Å². The van der Waals surface area contributed by atoms with Crippen LogP contribution in [0.2, 0.25) is 5.02 Å². The second kappa shape index (κ2) is 5.72. The molecule has 0 aliphatic carbocycles. The molecule has 1 unspecified atom stereocenters. The number of nitrogen functional groups attached to an aromatic ring is 1. The lowest BCUT2D eigenvalue weighted by atomic mass is 10.2. The minimum atomic E-state index is -1.23. The number of benzene rings is 2. The molecule has 0 saturated heterocycles.